The molecule has 0 radical (unpaired) electrons. The van der Waals surface area contributed by atoms with Gasteiger partial charge in [0.1, 0.15) is 5.54 Å². The third kappa shape index (κ3) is 1.95. The van der Waals surface area contributed by atoms with E-state index in [9.17, 15) is 5.26 Å². The van der Waals surface area contributed by atoms with E-state index < -0.39 is 5.54 Å². The molecule has 2 aromatic rings. The van der Waals surface area contributed by atoms with Gasteiger partial charge in [-0.05, 0) is 5.56 Å². The molecular weight excluding hydrogens is 200 g/mol. The van der Waals surface area contributed by atoms with Crippen LogP contribution in [0.4, 0.5) is 0 Å². The van der Waals surface area contributed by atoms with Gasteiger partial charge in [-0.25, -0.2) is 4.98 Å². The lowest BCUT2D eigenvalue weighted by Gasteiger charge is -2.22. The van der Waals surface area contributed by atoms with Crippen molar-refractivity contribution in [2.75, 3.05) is 0 Å². The van der Waals surface area contributed by atoms with Crippen molar-refractivity contribution in [3.8, 4) is 6.07 Å². The van der Waals surface area contributed by atoms with E-state index in [1.807, 2.05) is 30.3 Å². The van der Waals surface area contributed by atoms with Crippen molar-refractivity contribution in [3.63, 3.8) is 0 Å². The maximum absolute atomic E-state index is 9.23. The Kier molecular flexibility index (Phi) is 2.71. The Labute approximate surface area is 94.0 Å². The highest BCUT2D eigenvalue weighted by Crippen LogP contribution is 2.19. The summed E-state index contributed by atoms with van der Waals surface area (Å²) in [4.78, 5) is 3.93. The molecule has 4 heteroatoms. The summed E-state index contributed by atoms with van der Waals surface area (Å²) in [5, 5.41) is 9.23. The molecule has 0 amide bonds. The average Bonchev–Trinajstić information content (AvgIpc) is 2.83. The summed E-state index contributed by atoms with van der Waals surface area (Å²) in [5.74, 6) is 0. The summed E-state index contributed by atoms with van der Waals surface area (Å²) in [7, 11) is 0. The van der Waals surface area contributed by atoms with Crippen molar-refractivity contribution in [2.45, 2.75) is 12.1 Å². The van der Waals surface area contributed by atoms with Gasteiger partial charge in [0.2, 0.25) is 0 Å². The smallest absolute Gasteiger partial charge is 0.147 e. The molecule has 0 aliphatic heterocycles. The zero-order chi connectivity index (χ0) is 11.4. The average molecular weight is 212 g/mol. The maximum atomic E-state index is 9.23. The number of benzene rings is 1. The molecule has 1 aromatic heterocycles. The van der Waals surface area contributed by atoms with Gasteiger partial charge in [0, 0.05) is 12.4 Å². The molecule has 16 heavy (non-hydrogen) atoms. The molecular formula is C12H12N4. The lowest BCUT2D eigenvalue weighted by molar-refractivity contribution is 0.473. The fraction of sp³-hybridized carbons (Fsp3) is 0.167. The molecule has 0 bridgehead atoms. The van der Waals surface area contributed by atoms with Crippen molar-refractivity contribution in [2.24, 2.45) is 5.73 Å². The Hall–Kier alpha value is -2.12. The van der Waals surface area contributed by atoms with Crippen LogP contribution in [-0.4, -0.2) is 9.55 Å². The second-order valence-corrected chi connectivity index (χ2v) is 3.68. The second kappa shape index (κ2) is 4.17. The molecule has 1 unspecified atom stereocenters. The Bertz CT molecular complexity index is 483. The monoisotopic (exact) mass is 212 g/mol. The minimum Gasteiger partial charge on any atom is -0.334 e. The number of imidazole rings is 1. The minimum absolute atomic E-state index is 0.396. The Morgan fingerprint density at radius 3 is 2.69 bits per heavy atom. The number of hydrogen-bond acceptors (Lipinski definition) is 3. The predicted octanol–water partition coefficient (Wildman–Crippen LogP) is 1.26. The molecule has 0 saturated carbocycles. The van der Waals surface area contributed by atoms with Crippen LogP contribution >= 0.6 is 0 Å². The fourth-order valence-electron chi connectivity index (χ4n) is 1.59. The Balaban J connectivity index is 2.31. The third-order valence-corrected chi connectivity index (χ3v) is 2.48. The molecule has 80 valence electrons. The molecule has 0 aliphatic carbocycles. The van der Waals surface area contributed by atoms with Gasteiger partial charge >= 0.3 is 0 Å². The Morgan fingerprint density at radius 2 is 2.12 bits per heavy atom. The van der Waals surface area contributed by atoms with Gasteiger partial charge < -0.3 is 10.3 Å². The lowest BCUT2D eigenvalue weighted by Crippen LogP contribution is -2.39. The van der Waals surface area contributed by atoms with E-state index in [4.69, 9.17) is 5.73 Å². The van der Waals surface area contributed by atoms with Crippen LogP contribution in [0.1, 0.15) is 5.56 Å². The molecule has 2 N–H and O–H groups in total. The number of rotatable bonds is 3. The molecule has 0 aliphatic rings. The van der Waals surface area contributed by atoms with Crippen molar-refractivity contribution < 1.29 is 0 Å². The van der Waals surface area contributed by atoms with E-state index in [0.29, 0.717) is 6.54 Å². The van der Waals surface area contributed by atoms with Gasteiger partial charge in [-0.1, -0.05) is 30.3 Å². The van der Waals surface area contributed by atoms with Gasteiger partial charge in [0.25, 0.3) is 0 Å². The quantitative estimate of drug-likeness (QED) is 0.832. The van der Waals surface area contributed by atoms with Crippen LogP contribution in [0.15, 0.2) is 49.1 Å². The maximum Gasteiger partial charge on any atom is 0.147 e. The highest BCUT2D eigenvalue weighted by atomic mass is 15.0. The molecule has 0 fully saturated rings. The van der Waals surface area contributed by atoms with Crippen LogP contribution in [0.5, 0.6) is 0 Å². The SMILES string of the molecule is N#CC(N)(Cn1ccnc1)c1ccccc1. The standard InChI is InChI=1S/C12H12N4/c13-8-12(14,9-16-7-6-15-10-16)11-4-2-1-3-5-11/h1-7,10H,9,14H2. The number of hydrogen-bond donors (Lipinski definition) is 1. The van der Waals surface area contributed by atoms with E-state index >= 15 is 0 Å². The van der Waals surface area contributed by atoms with Crippen LogP contribution in [0, 0.1) is 11.3 Å². The fourth-order valence-corrected chi connectivity index (χ4v) is 1.59. The van der Waals surface area contributed by atoms with Crippen LogP contribution in [0.2, 0.25) is 0 Å². The van der Waals surface area contributed by atoms with E-state index in [1.165, 1.54) is 0 Å². The molecule has 2 rings (SSSR count). The highest BCUT2D eigenvalue weighted by Gasteiger charge is 2.27. The van der Waals surface area contributed by atoms with Crippen LogP contribution in [-0.2, 0) is 12.1 Å². The summed E-state index contributed by atoms with van der Waals surface area (Å²) in [6.45, 7) is 0.396. The number of aromatic nitrogens is 2. The van der Waals surface area contributed by atoms with Gasteiger partial charge in [0.05, 0.1) is 18.9 Å². The molecule has 1 atom stereocenters. The van der Waals surface area contributed by atoms with Crippen molar-refractivity contribution in [1.29, 1.82) is 5.26 Å². The Morgan fingerprint density at radius 1 is 1.38 bits per heavy atom. The second-order valence-electron chi connectivity index (χ2n) is 3.68. The van der Waals surface area contributed by atoms with Crippen molar-refractivity contribution in [1.82, 2.24) is 9.55 Å². The first-order valence-corrected chi connectivity index (χ1v) is 4.96. The zero-order valence-corrected chi connectivity index (χ0v) is 8.74. The largest absolute Gasteiger partial charge is 0.334 e. The summed E-state index contributed by atoms with van der Waals surface area (Å²) in [5.41, 5.74) is 5.90. The topological polar surface area (TPSA) is 67.6 Å². The first-order valence-electron chi connectivity index (χ1n) is 4.96. The third-order valence-electron chi connectivity index (χ3n) is 2.48. The van der Waals surface area contributed by atoms with E-state index in [1.54, 1.807) is 23.3 Å². The lowest BCUT2D eigenvalue weighted by atomic mass is 9.92. The van der Waals surface area contributed by atoms with Gasteiger partial charge in [-0.2, -0.15) is 5.26 Å². The van der Waals surface area contributed by atoms with Gasteiger partial charge in [-0.3, -0.25) is 0 Å². The van der Waals surface area contributed by atoms with Crippen LogP contribution < -0.4 is 5.73 Å². The highest BCUT2D eigenvalue weighted by molar-refractivity contribution is 5.30. The van der Waals surface area contributed by atoms with Gasteiger partial charge in [0.15, 0.2) is 0 Å². The molecule has 1 aromatic carbocycles. The van der Waals surface area contributed by atoms with Crippen LogP contribution in [0.25, 0.3) is 0 Å². The first-order chi connectivity index (χ1) is 7.74. The predicted molar refractivity (Wildman–Crippen MR) is 60.1 cm³/mol. The van der Waals surface area contributed by atoms with E-state index in [2.05, 4.69) is 11.1 Å². The van der Waals surface area contributed by atoms with E-state index in [-0.39, 0.29) is 0 Å². The van der Waals surface area contributed by atoms with Crippen molar-refractivity contribution >= 4 is 0 Å². The molecule has 0 spiro atoms. The van der Waals surface area contributed by atoms with Gasteiger partial charge in [-0.15, -0.1) is 0 Å². The number of nitriles is 1. The number of nitrogens with two attached hydrogens (primary N) is 1. The first kappa shape index (κ1) is 10.4. The molecule has 0 saturated heterocycles. The summed E-state index contributed by atoms with van der Waals surface area (Å²) >= 11 is 0. The van der Waals surface area contributed by atoms with Crippen molar-refractivity contribution in [3.05, 3.63) is 54.6 Å². The summed E-state index contributed by atoms with van der Waals surface area (Å²) in [6.07, 6.45) is 5.12. The number of nitrogens with zero attached hydrogens (tertiary/aromatic N) is 3. The summed E-state index contributed by atoms with van der Waals surface area (Å²) < 4.78 is 1.80. The summed E-state index contributed by atoms with van der Waals surface area (Å²) in [6, 6.07) is 11.5. The van der Waals surface area contributed by atoms with E-state index in [0.717, 1.165) is 5.56 Å². The van der Waals surface area contributed by atoms with Crippen LogP contribution in [0.3, 0.4) is 0 Å². The minimum atomic E-state index is -1.01. The molecule has 4 nitrogen and oxygen atoms in total. The normalized spacial score (nSPS) is 14.0. The zero-order valence-electron chi connectivity index (χ0n) is 8.74. The molecule has 1 heterocycles.